The molecule has 0 saturated heterocycles. The largest absolute Gasteiger partial charge is 0.416 e. The average molecular weight is 472 g/mol. The van der Waals surface area contributed by atoms with Crippen LogP contribution in [0.5, 0.6) is 0 Å². The predicted octanol–water partition coefficient (Wildman–Crippen LogP) is 4.71. The SMILES string of the molecule is NS(=O)(=O)NCc1ccccc1-c1ccc2nc(C=Cc3ccc(C(F)(F)F)cc3)[nH]c2c1. The van der Waals surface area contributed by atoms with Crippen LogP contribution >= 0.6 is 0 Å². The Morgan fingerprint density at radius 3 is 2.42 bits per heavy atom. The van der Waals surface area contributed by atoms with E-state index in [4.69, 9.17) is 5.14 Å². The summed E-state index contributed by atoms with van der Waals surface area (Å²) in [7, 11) is -3.82. The number of alkyl halides is 3. The van der Waals surface area contributed by atoms with Crippen molar-refractivity contribution in [3.05, 3.63) is 89.2 Å². The maximum Gasteiger partial charge on any atom is 0.416 e. The van der Waals surface area contributed by atoms with Crippen LogP contribution in [-0.4, -0.2) is 18.4 Å². The van der Waals surface area contributed by atoms with Gasteiger partial charge in [-0.2, -0.15) is 26.3 Å². The minimum absolute atomic E-state index is 0.0527. The van der Waals surface area contributed by atoms with Crippen molar-refractivity contribution in [1.82, 2.24) is 14.7 Å². The van der Waals surface area contributed by atoms with Crippen LogP contribution in [0.4, 0.5) is 13.2 Å². The van der Waals surface area contributed by atoms with Crippen LogP contribution in [0.3, 0.4) is 0 Å². The molecule has 0 aliphatic carbocycles. The molecule has 0 aliphatic heterocycles. The third kappa shape index (κ3) is 5.67. The molecule has 0 atom stereocenters. The molecule has 0 aliphatic rings. The summed E-state index contributed by atoms with van der Waals surface area (Å²) in [4.78, 5) is 7.66. The van der Waals surface area contributed by atoms with Crippen LogP contribution in [0.2, 0.25) is 0 Å². The van der Waals surface area contributed by atoms with Gasteiger partial charge in [0, 0.05) is 6.54 Å². The fraction of sp³-hybridized carbons (Fsp3) is 0.0870. The zero-order valence-corrected chi connectivity index (χ0v) is 17.9. The molecule has 4 N–H and O–H groups in total. The molecule has 10 heteroatoms. The van der Waals surface area contributed by atoms with Gasteiger partial charge in [0.05, 0.1) is 16.6 Å². The molecule has 170 valence electrons. The lowest BCUT2D eigenvalue weighted by Gasteiger charge is -2.10. The molecule has 0 spiro atoms. The number of rotatable bonds is 6. The third-order valence-corrected chi connectivity index (χ3v) is 5.51. The summed E-state index contributed by atoms with van der Waals surface area (Å²) >= 11 is 0. The summed E-state index contributed by atoms with van der Waals surface area (Å²) in [6.45, 7) is 0.0527. The zero-order valence-electron chi connectivity index (χ0n) is 17.1. The summed E-state index contributed by atoms with van der Waals surface area (Å²) in [5.41, 5.74) is 3.84. The van der Waals surface area contributed by atoms with E-state index in [1.165, 1.54) is 12.1 Å². The highest BCUT2D eigenvalue weighted by atomic mass is 32.2. The van der Waals surface area contributed by atoms with Gasteiger partial charge < -0.3 is 4.98 Å². The normalized spacial score (nSPS) is 12.6. The molecule has 0 bridgehead atoms. The topological polar surface area (TPSA) is 101 Å². The van der Waals surface area contributed by atoms with E-state index in [9.17, 15) is 21.6 Å². The minimum atomic E-state index is -4.37. The van der Waals surface area contributed by atoms with Gasteiger partial charge in [-0.1, -0.05) is 48.5 Å². The van der Waals surface area contributed by atoms with Crippen LogP contribution in [0.1, 0.15) is 22.5 Å². The van der Waals surface area contributed by atoms with Gasteiger partial charge in [0.1, 0.15) is 5.82 Å². The molecule has 0 fully saturated rings. The molecule has 0 saturated carbocycles. The second-order valence-electron chi connectivity index (χ2n) is 7.33. The number of imidazole rings is 1. The van der Waals surface area contributed by atoms with Crippen molar-refractivity contribution in [2.45, 2.75) is 12.7 Å². The highest BCUT2D eigenvalue weighted by Crippen LogP contribution is 2.30. The van der Waals surface area contributed by atoms with Crippen molar-refractivity contribution in [2.24, 2.45) is 5.14 Å². The predicted molar refractivity (Wildman–Crippen MR) is 122 cm³/mol. The van der Waals surface area contributed by atoms with Crippen molar-refractivity contribution in [1.29, 1.82) is 0 Å². The Bertz CT molecular complexity index is 1430. The Morgan fingerprint density at radius 2 is 1.73 bits per heavy atom. The lowest BCUT2D eigenvalue weighted by Crippen LogP contribution is -2.30. The van der Waals surface area contributed by atoms with Gasteiger partial charge in [0.25, 0.3) is 10.2 Å². The standard InChI is InChI=1S/C23H19F3N4O2S/c24-23(25,26)18-9-5-15(6-10-18)7-12-22-29-20-11-8-16(13-21(20)30-22)19-4-2-1-3-17(19)14-28-33(27,31)32/h1-13,28H,14H2,(H,29,30)(H2,27,31,32). The van der Waals surface area contributed by atoms with Crippen LogP contribution in [0.15, 0.2) is 66.7 Å². The lowest BCUT2D eigenvalue weighted by molar-refractivity contribution is -0.137. The number of hydrogen-bond donors (Lipinski definition) is 3. The van der Waals surface area contributed by atoms with Crippen molar-refractivity contribution >= 4 is 33.4 Å². The molecule has 4 aromatic rings. The van der Waals surface area contributed by atoms with E-state index < -0.39 is 21.9 Å². The number of aromatic amines is 1. The number of nitrogens with one attached hydrogen (secondary N) is 2. The van der Waals surface area contributed by atoms with Crippen molar-refractivity contribution in [3.8, 4) is 11.1 Å². The van der Waals surface area contributed by atoms with Gasteiger partial charge in [-0.25, -0.2) is 10.1 Å². The Morgan fingerprint density at radius 1 is 1.00 bits per heavy atom. The molecule has 0 radical (unpaired) electrons. The van der Waals surface area contributed by atoms with Gasteiger partial charge in [-0.3, -0.25) is 0 Å². The molecule has 33 heavy (non-hydrogen) atoms. The fourth-order valence-corrected chi connectivity index (χ4v) is 3.73. The van der Waals surface area contributed by atoms with Crippen LogP contribution in [0.25, 0.3) is 34.3 Å². The number of aromatic nitrogens is 2. The number of nitrogens with two attached hydrogens (primary N) is 1. The zero-order chi connectivity index (χ0) is 23.6. The molecule has 6 nitrogen and oxygen atoms in total. The van der Waals surface area contributed by atoms with E-state index in [1.54, 1.807) is 12.2 Å². The van der Waals surface area contributed by atoms with Crippen LogP contribution in [0, 0.1) is 0 Å². The molecule has 0 amide bonds. The first-order valence-corrected chi connectivity index (χ1v) is 11.3. The smallest absolute Gasteiger partial charge is 0.338 e. The van der Waals surface area contributed by atoms with Crippen LogP contribution in [-0.2, 0) is 22.9 Å². The molecule has 0 unspecified atom stereocenters. The minimum Gasteiger partial charge on any atom is -0.338 e. The summed E-state index contributed by atoms with van der Waals surface area (Å²) in [6, 6.07) is 17.8. The van der Waals surface area contributed by atoms with E-state index in [2.05, 4.69) is 14.7 Å². The maximum atomic E-state index is 12.7. The molecule has 1 aromatic heterocycles. The molecule has 1 heterocycles. The van der Waals surface area contributed by atoms with Gasteiger partial charge in [0.15, 0.2) is 0 Å². The van der Waals surface area contributed by atoms with E-state index in [1.807, 2.05) is 42.5 Å². The van der Waals surface area contributed by atoms with E-state index >= 15 is 0 Å². The van der Waals surface area contributed by atoms with Gasteiger partial charge >= 0.3 is 6.18 Å². The maximum absolute atomic E-state index is 12.7. The second kappa shape index (κ2) is 8.81. The molecular formula is C23H19F3N4O2S. The summed E-state index contributed by atoms with van der Waals surface area (Å²) < 4.78 is 62.9. The Balaban J connectivity index is 1.58. The highest BCUT2D eigenvalue weighted by Gasteiger charge is 2.29. The first-order chi connectivity index (χ1) is 15.6. The summed E-state index contributed by atoms with van der Waals surface area (Å²) in [5, 5.41) is 5.04. The second-order valence-corrected chi connectivity index (χ2v) is 8.71. The van der Waals surface area contributed by atoms with E-state index in [0.717, 1.165) is 34.3 Å². The number of nitrogens with zero attached hydrogens (tertiary/aromatic N) is 1. The Kier molecular flexibility index (Phi) is 6.07. The summed E-state index contributed by atoms with van der Waals surface area (Å²) in [6.07, 6.45) is -1.01. The average Bonchev–Trinajstić information content (AvgIpc) is 3.18. The monoisotopic (exact) mass is 472 g/mol. The number of H-pyrrole nitrogens is 1. The van der Waals surface area contributed by atoms with Crippen LogP contribution < -0.4 is 9.86 Å². The van der Waals surface area contributed by atoms with Crippen molar-refractivity contribution in [2.75, 3.05) is 0 Å². The Hall–Kier alpha value is -3.47. The molecule has 4 rings (SSSR count). The van der Waals surface area contributed by atoms with Gasteiger partial charge in [-0.05, 0) is 52.6 Å². The number of hydrogen-bond acceptors (Lipinski definition) is 3. The van der Waals surface area contributed by atoms with Gasteiger partial charge in [-0.15, -0.1) is 0 Å². The molecular weight excluding hydrogens is 453 g/mol. The Labute approximate surface area is 188 Å². The number of halogens is 3. The molecule has 3 aromatic carbocycles. The quantitative estimate of drug-likeness (QED) is 0.379. The number of benzene rings is 3. The van der Waals surface area contributed by atoms with Gasteiger partial charge in [0.2, 0.25) is 0 Å². The first kappa shape index (κ1) is 22.7. The lowest BCUT2D eigenvalue weighted by atomic mass is 9.99. The van der Waals surface area contributed by atoms with E-state index in [0.29, 0.717) is 16.9 Å². The van der Waals surface area contributed by atoms with Crippen molar-refractivity contribution in [3.63, 3.8) is 0 Å². The fourth-order valence-electron chi connectivity index (χ4n) is 3.37. The van der Waals surface area contributed by atoms with E-state index in [-0.39, 0.29) is 6.54 Å². The summed E-state index contributed by atoms with van der Waals surface area (Å²) in [5.74, 6) is 0.547. The highest BCUT2D eigenvalue weighted by molar-refractivity contribution is 7.87. The third-order valence-electron chi connectivity index (χ3n) is 4.96. The number of fused-ring (bicyclic) bond motifs is 1. The first-order valence-electron chi connectivity index (χ1n) is 9.79. The van der Waals surface area contributed by atoms with Crippen molar-refractivity contribution < 1.29 is 21.6 Å².